The summed E-state index contributed by atoms with van der Waals surface area (Å²) in [6.07, 6.45) is 5.06. The van der Waals surface area contributed by atoms with Crippen LogP contribution in [0.15, 0.2) is 99.1 Å². The van der Waals surface area contributed by atoms with E-state index in [2.05, 4.69) is 4.99 Å². The monoisotopic (exact) mass is 396 g/mol. The van der Waals surface area contributed by atoms with Crippen molar-refractivity contribution < 1.29 is 9.34 Å². The fourth-order valence-electron chi connectivity index (χ4n) is 3.02. The molecule has 30 heavy (non-hydrogen) atoms. The molecule has 0 amide bonds. The molecule has 0 spiro atoms. The van der Waals surface area contributed by atoms with Gasteiger partial charge in [-0.1, -0.05) is 48.5 Å². The predicted octanol–water partition coefficient (Wildman–Crippen LogP) is 5.78. The minimum atomic E-state index is -0.427. The highest BCUT2D eigenvalue weighted by molar-refractivity contribution is 5.83. The Labute approximate surface area is 171 Å². The fourth-order valence-corrected chi connectivity index (χ4v) is 3.02. The van der Waals surface area contributed by atoms with Gasteiger partial charge in [-0.15, -0.1) is 0 Å². The van der Waals surface area contributed by atoms with Gasteiger partial charge in [-0.05, 0) is 41.5 Å². The normalized spacial score (nSPS) is 11.5. The molecule has 0 radical (unpaired) electrons. The Kier molecular flexibility index (Phi) is 5.30. The van der Waals surface area contributed by atoms with E-state index >= 15 is 0 Å². The van der Waals surface area contributed by atoms with Gasteiger partial charge in [-0.2, -0.15) is 0 Å². The maximum Gasteiger partial charge on any atom is 0.344 e. The summed E-state index contributed by atoms with van der Waals surface area (Å²) in [5, 5.41) is 11.7. The van der Waals surface area contributed by atoms with Crippen LogP contribution < -0.4 is 5.63 Å². The van der Waals surface area contributed by atoms with Gasteiger partial charge in [0, 0.05) is 23.7 Å². The van der Waals surface area contributed by atoms with E-state index in [9.17, 15) is 14.9 Å². The van der Waals surface area contributed by atoms with Crippen LogP contribution in [0.25, 0.3) is 28.2 Å². The van der Waals surface area contributed by atoms with Crippen molar-refractivity contribution in [1.82, 2.24) is 0 Å². The van der Waals surface area contributed by atoms with Crippen molar-refractivity contribution in [3.05, 3.63) is 111 Å². The Bertz CT molecular complexity index is 1340. The summed E-state index contributed by atoms with van der Waals surface area (Å²) < 4.78 is 5.39. The van der Waals surface area contributed by atoms with Gasteiger partial charge in [0.1, 0.15) is 5.58 Å². The topological polar surface area (TPSA) is 85.7 Å². The summed E-state index contributed by atoms with van der Waals surface area (Å²) in [5.41, 5.74) is 2.90. The molecule has 146 valence electrons. The lowest BCUT2D eigenvalue weighted by atomic mass is 10.1. The Hall–Kier alpha value is -4.32. The van der Waals surface area contributed by atoms with E-state index in [-0.39, 0.29) is 11.3 Å². The number of hydrogen-bond acceptors (Lipinski definition) is 5. The number of para-hydroxylation sites is 1. The Balaban J connectivity index is 1.50. The molecule has 1 aromatic heterocycles. The Morgan fingerprint density at radius 3 is 2.53 bits per heavy atom. The third-order valence-electron chi connectivity index (χ3n) is 4.50. The molecule has 0 bridgehead atoms. The summed E-state index contributed by atoms with van der Waals surface area (Å²) in [4.78, 5) is 27.0. The second-order valence-corrected chi connectivity index (χ2v) is 6.52. The SMILES string of the molecule is O=c1oc2ccccc2cc1-c1ccc(N=CC=Cc2cccc([N+](=O)[O-])c2)cc1. The number of rotatable bonds is 5. The van der Waals surface area contributed by atoms with E-state index in [1.807, 2.05) is 48.5 Å². The molecule has 0 aliphatic heterocycles. The highest BCUT2D eigenvalue weighted by Gasteiger charge is 2.07. The second-order valence-electron chi connectivity index (χ2n) is 6.52. The first kappa shape index (κ1) is 19.0. The van der Waals surface area contributed by atoms with E-state index in [0.717, 1.165) is 10.9 Å². The van der Waals surface area contributed by atoms with Gasteiger partial charge >= 0.3 is 5.63 Å². The zero-order valence-corrected chi connectivity index (χ0v) is 15.8. The van der Waals surface area contributed by atoms with Crippen molar-refractivity contribution in [1.29, 1.82) is 0 Å². The van der Waals surface area contributed by atoms with Gasteiger partial charge in [0.05, 0.1) is 16.2 Å². The molecule has 0 atom stereocenters. The van der Waals surface area contributed by atoms with Crippen LogP contribution in [0.3, 0.4) is 0 Å². The number of nitro groups is 1. The molecule has 0 unspecified atom stereocenters. The quantitative estimate of drug-likeness (QED) is 0.185. The van der Waals surface area contributed by atoms with Crippen LogP contribution in [0.5, 0.6) is 0 Å². The van der Waals surface area contributed by atoms with Crippen molar-refractivity contribution in [2.24, 2.45) is 4.99 Å². The first-order valence-electron chi connectivity index (χ1n) is 9.19. The van der Waals surface area contributed by atoms with Gasteiger partial charge < -0.3 is 4.42 Å². The van der Waals surface area contributed by atoms with Gasteiger partial charge in [-0.3, -0.25) is 15.1 Å². The number of allylic oxidation sites excluding steroid dienone is 1. The van der Waals surface area contributed by atoms with Crippen LogP contribution in [-0.2, 0) is 0 Å². The Morgan fingerprint density at radius 1 is 0.933 bits per heavy atom. The molecule has 1 heterocycles. The van der Waals surface area contributed by atoms with Crippen LogP contribution in [0.2, 0.25) is 0 Å². The summed E-state index contributed by atoms with van der Waals surface area (Å²) in [6.45, 7) is 0. The molecule has 0 aliphatic rings. The number of benzene rings is 3. The average Bonchev–Trinajstić information content (AvgIpc) is 2.77. The largest absolute Gasteiger partial charge is 0.422 e. The summed E-state index contributed by atoms with van der Waals surface area (Å²) >= 11 is 0. The smallest absolute Gasteiger partial charge is 0.344 e. The van der Waals surface area contributed by atoms with Crippen LogP contribution in [0.1, 0.15) is 5.56 Å². The van der Waals surface area contributed by atoms with Gasteiger partial charge in [0.2, 0.25) is 0 Å². The lowest BCUT2D eigenvalue weighted by Gasteiger charge is -2.03. The van der Waals surface area contributed by atoms with Crippen LogP contribution in [0, 0.1) is 10.1 Å². The highest BCUT2D eigenvalue weighted by Crippen LogP contribution is 2.23. The Morgan fingerprint density at radius 2 is 1.73 bits per heavy atom. The molecule has 0 saturated heterocycles. The lowest BCUT2D eigenvalue weighted by molar-refractivity contribution is -0.384. The number of aliphatic imine (C=N–C) groups is 1. The van der Waals surface area contributed by atoms with E-state index < -0.39 is 4.92 Å². The second kappa shape index (κ2) is 8.36. The van der Waals surface area contributed by atoms with Crippen molar-refractivity contribution in [2.75, 3.05) is 0 Å². The van der Waals surface area contributed by atoms with Crippen molar-refractivity contribution in [3.8, 4) is 11.1 Å². The van der Waals surface area contributed by atoms with E-state index in [4.69, 9.17) is 4.42 Å². The summed E-state index contributed by atoms with van der Waals surface area (Å²) in [6, 6.07) is 22.8. The molecule has 6 heteroatoms. The van der Waals surface area contributed by atoms with Crippen molar-refractivity contribution in [3.63, 3.8) is 0 Å². The highest BCUT2D eigenvalue weighted by atomic mass is 16.6. The third-order valence-corrected chi connectivity index (χ3v) is 4.50. The molecule has 0 saturated carbocycles. The maximum absolute atomic E-state index is 12.3. The molecule has 0 aliphatic carbocycles. The minimum absolute atomic E-state index is 0.0443. The number of nitrogens with zero attached hydrogens (tertiary/aromatic N) is 2. The number of non-ortho nitro benzene ring substituents is 1. The zero-order valence-electron chi connectivity index (χ0n) is 15.8. The number of nitro benzene ring substituents is 1. The van der Waals surface area contributed by atoms with E-state index in [0.29, 0.717) is 22.4 Å². The lowest BCUT2D eigenvalue weighted by Crippen LogP contribution is -2.02. The molecular formula is C24H16N2O4. The van der Waals surface area contributed by atoms with Gasteiger partial charge in [0.15, 0.2) is 0 Å². The molecule has 3 aromatic carbocycles. The van der Waals surface area contributed by atoms with Gasteiger partial charge in [0.25, 0.3) is 5.69 Å². The molecular weight excluding hydrogens is 380 g/mol. The molecule has 4 aromatic rings. The number of hydrogen-bond donors (Lipinski definition) is 0. The van der Waals surface area contributed by atoms with Crippen molar-refractivity contribution >= 4 is 34.6 Å². The first-order chi connectivity index (χ1) is 14.6. The molecule has 0 fully saturated rings. The van der Waals surface area contributed by atoms with Crippen LogP contribution in [0.4, 0.5) is 11.4 Å². The maximum atomic E-state index is 12.3. The number of fused-ring (bicyclic) bond motifs is 1. The van der Waals surface area contributed by atoms with Crippen LogP contribution >= 0.6 is 0 Å². The standard InChI is InChI=1S/C24H16N2O4/c27-24-22(16-19-7-1-2-9-23(19)30-24)18-10-12-20(13-11-18)25-14-4-6-17-5-3-8-21(15-17)26(28)29/h1-16H. The zero-order chi connectivity index (χ0) is 20.9. The first-order valence-corrected chi connectivity index (χ1v) is 9.19. The van der Waals surface area contributed by atoms with Gasteiger partial charge in [-0.25, -0.2) is 4.79 Å². The third kappa shape index (κ3) is 4.23. The van der Waals surface area contributed by atoms with Crippen LogP contribution in [-0.4, -0.2) is 11.1 Å². The average molecular weight is 396 g/mol. The minimum Gasteiger partial charge on any atom is -0.422 e. The molecule has 0 N–H and O–H groups in total. The van der Waals surface area contributed by atoms with E-state index in [1.165, 1.54) is 12.1 Å². The van der Waals surface area contributed by atoms with Crippen molar-refractivity contribution in [2.45, 2.75) is 0 Å². The summed E-state index contributed by atoms with van der Waals surface area (Å²) in [5.74, 6) is 0. The molecule has 6 nitrogen and oxygen atoms in total. The predicted molar refractivity (Wildman–Crippen MR) is 118 cm³/mol. The fraction of sp³-hybridized carbons (Fsp3) is 0. The van der Waals surface area contributed by atoms with E-state index in [1.54, 1.807) is 36.6 Å². The molecule has 4 rings (SSSR count). The summed E-state index contributed by atoms with van der Waals surface area (Å²) in [7, 11) is 0.